The van der Waals surface area contributed by atoms with Gasteiger partial charge in [0.2, 0.25) is 0 Å². The van der Waals surface area contributed by atoms with Crippen LogP contribution in [-0.4, -0.2) is 32.9 Å². The molecule has 116 valence electrons. The fourth-order valence-corrected chi connectivity index (χ4v) is 2.22. The SMILES string of the molecule is CC(C)(C)c1cc2c(NCCCCCCO)nccn2n1. The maximum absolute atomic E-state index is 8.75. The van der Waals surface area contributed by atoms with Crippen molar-refractivity contribution in [2.75, 3.05) is 18.5 Å². The lowest BCUT2D eigenvalue weighted by Gasteiger charge is -2.13. The number of nitrogens with one attached hydrogen (secondary N) is 1. The number of aromatic nitrogens is 3. The van der Waals surface area contributed by atoms with Gasteiger partial charge in [0.05, 0.1) is 5.69 Å². The van der Waals surface area contributed by atoms with E-state index in [1.807, 2.05) is 10.7 Å². The largest absolute Gasteiger partial charge is 0.396 e. The predicted octanol–water partition coefficient (Wildman–Crippen LogP) is 2.99. The number of anilines is 1. The van der Waals surface area contributed by atoms with Crippen LogP contribution < -0.4 is 5.32 Å². The van der Waals surface area contributed by atoms with Crippen molar-refractivity contribution < 1.29 is 5.11 Å². The third-order valence-corrected chi connectivity index (χ3v) is 3.54. The molecule has 2 heterocycles. The Morgan fingerprint density at radius 2 is 1.95 bits per heavy atom. The molecule has 0 saturated carbocycles. The highest BCUT2D eigenvalue weighted by Gasteiger charge is 2.18. The van der Waals surface area contributed by atoms with E-state index in [2.05, 4.69) is 42.2 Å². The normalized spacial score (nSPS) is 12.0. The molecule has 2 aromatic heterocycles. The second-order valence-electron chi connectivity index (χ2n) is 6.45. The molecule has 0 spiro atoms. The molecule has 2 N–H and O–H groups in total. The van der Waals surface area contributed by atoms with Crippen molar-refractivity contribution in [2.24, 2.45) is 0 Å². The number of aliphatic hydroxyl groups is 1. The molecule has 0 aliphatic carbocycles. The minimum absolute atomic E-state index is 0.0353. The highest BCUT2D eigenvalue weighted by molar-refractivity contribution is 5.68. The van der Waals surface area contributed by atoms with Crippen molar-refractivity contribution in [3.63, 3.8) is 0 Å². The van der Waals surface area contributed by atoms with Gasteiger partial charge < -0.3 is 10.4 Å². The van der Waals surface area contributed by atoms with E-state index in [-0.39, 0.29) is 5.41 Å². The van der Waals surface area contributed by atoms with E-state index in [0.717, 1.165) is 49.3 Å². The summed E-state index contributed by atoms with van der Waals surface area (Å²) in [6.45, 7) is 7.68. The molecule has 0 saturated heterocycles. The number of nitrogens with zero attached hydrogens (tertiary/aromatic N) is 3. The van der Waals surface area contributed by atoms with Crippen molar-refractivity contribution in [2.45, 2.75) is 51.9 Å². The Morgan fingerprint density at radius 3 is 2.67 bits per heavy atom. The smallest absolute Gasteiger partial charge is 0.152 e. The van der Waals surface area contributed by atoms with Crippen LogP contribution in [0.15, 0.2) is 18.5 Å². The molecule has 21 heavy (non-hydrogen) atoms. The van der Waals surface area contributed by atoms with Gasteiger partial charge in [-0.1, -0.05) is 33.6 Å². The van der Waals surface area contributed by atoms with Crippen molar-refractivity contribution in [1.82, 2.24) is 14.6 Å². The molecule has 0 bridgehead atoms. The number of aliphatic hydroxyl groups excluding tert-OH is 1. The van der Waals surface area contributed by atoms with Gasteiger partial charge in [-0.25, -0.2) is 9.50 Å². The molecule has 0 radical (unpaired) electrons. The van der Waals surface area contributed by atoms with Crippen LogP contribution in [0.1, 0.15) is 52.1 Å². The van der Waals surface area contributed by atoms with Crippen LogP contribution in [0.4, 0.5) is 5.82 Å². The first-order valence-electron chi connectivity index (χ1n) is 7.72. The van der Waals surface area contributed by atoms with Crippen molar-refractivity contribution in [1.29, 1.82) is 0 Å². The van der Waals surface area contributed by atoms with E-state index in [4.69, 9.17) is 5.11 Å². The molecule has 0 unspecified atom stereocenters. The van der Waals surface area contributed by atoms with Gasteiger partial charge in [0, 0.05) is 31.0 Å². The highest BCUT2D eigenvalue weighted by Crippen LogP contribution is 2.24. The van der Waals surface area contributed by atoms with Gasteiger partial charge in [0.1, 0.15) is 5.52 Å². The Hall–Kier alpha value is -1.62. The Bertz CT molecular complexity index is 571. The first-order chi connectivity index (χ1) is 10.0. The second-order valence-corrected chi connectivity index (χ2v) is 6.45. The molecule has 0 aromatic carbocycles. The highest BCUT2D eigenvalue weighted by atomic mass is 16.2. The zero-order valence-electron chi connectivity index (χ0n) is 13.3. The summed E-state index contributed by atoms with van der Waals surface area (Å²) in [4.78, 5) is 4.42. The summed E-state index contributed by atoms with van der Waals surface area (Å²) >= 11 is 0. The summed E-state index contributed by atoms with van der Waals surface area (Å²) in [5.41, 5.74) is 2.13. The zero-order chi connectivity index (χ0) is 15.3. The van der Waals surface area contributed by atoms with Crippen molar-refractivity contribution >= 4 is 11.3 Å². The Labute approximate surface area is 126 Å². The molecule has 5 nitrogen and oxygen atoms in total. The molecule has 0 aliphatic heterocycles. The van der Waals surface area contributed by atoms with Crippen molar-refractivity contribution in [3.05, 3.63) is 24.2 Å². The molecular weight excluding hydrogens is 264 g/mol. The number of fused-ring (bicyclic) bond motifs is 1. The Kier molecular flexibility index (Phi) is 5.17. The monoisotopic (exact) mass is 290 g/mol. The van der Waals surface area contributed by atoms with Crippen LogP contribution in [0.5, 0.6) is 0 Å². The zero-order valence-corrected chi connectivity index (χ0v) is 13.3. The first kappa shape index (κ1) is 15.8. The second kappa shape index (κ2) is 6.89. The summed E-state index contributed by atoms with van der Waals surface area (Å²) in [6, 6.07) is 2.11. The lowest BCUT2D eigenvalue weighted by molar-refractivity contribution is 0.283. The third kappa shape index (κ3) is 4.17. The van der Waals surface area contributed by atoms with E-state index < -0.39 is 0 Å². The van der Waals surface area contributed by atoms with Gasteiger partial charge >= 0.3 is 0 Å². The van der Waals surface area contributed by atoms with Crippen LogP contribution >= 0.6 is 0 Å². The topological polar surface area (TPSA) is 62.5 Å². The lowest BCUT2D eigenvalue weighted by atomic mass is 9.92. The van der Waals surface area contributed by atoms with Crippen LogP contribution in [0.3, 0.4) is 0 Å². The van der Waals surface area contributed by atoms with Crippen LogP contribution in [-0.2, 0) is 5.41 Å². The minimum Gasteiger partial charge on any atom is -0.396 e. The van der Waals surface area contributed by atoms with Crippen LogP contribution in [0, 0.1) is 0 Å². The van der Waals surface area contributed by atoms with E-state index in [0.29, 0.717) is 6.61 Å². The number of rotatable bonds is 7. The molecule has 2 aromatic rings. The average Bonchev–Trinajstić information content (AvgIpc) is 2.87. The van der Waals surface area contributed by atoms with Gasteiger partial charge in [-0.3, -0.25) is 0 Å². The third-order valence-electron chi connectivity index (χ3n) is 3.54. The maximum atomic E-state index is 8.75. The minimum atomic E-state index is 0.0353. The molecule has 0 aliphatic rings. The fourth-order valence-electron chi connectivity index (χ4n) is 2.22. The molecule has 0 fully saturated rings. The quantitative estimate of drug-likeness (QED) is 0.770. The fraction of sp³-hybridized carbons (Fsp3) is 0.625. The summed E-state index contributed by atoms with van der Waals surface area (Å²) in [7, 11) is 0. The maximum Gasteiger partial charge on any atom is 0.152 e. The molecule has 5 heteroatoms. The van der Waals surface area contributed by atoms with Crippen LogP contribution in [0.25, 0.3) is 5.52 Å². The van der Waals surface area contributed by atoms with Crippen molar-refractivity contribution in [3.8, 4) is 0 Å². The molecular formula is C16H26N4O. The summed E-state index contributed by atoms with van der Waals surface area (Å²) < 4.78 is 1.89. The summed E-state index contributed by atoms with van der Waals surface area (Å²) in [5.74, 6) is 0.891. The van der Waals surface area contributed by atoms with Gasteiger partial charge in [-0.05, 0) is 18.9 Å². The molecule has 0 atom stereocenters. The van der Waals surface area contributed by atoms with E-state index >= 15 is 0 Å². The molecule has 2 rings (SSSR count). The summed E-state index contributed by atoms with van der Waals surface area (Å²) in [6.07, 6.45) is 7.85. The average molecular weight is 290 g/mol. The lowest BCUT2D eigenvalue weighted by Crippen LogP contribution is -2.11. The Balaban J connectivity index is 2.01. The van der Waals surface area contributed by atoms with E-state index in [1.54, 1.807) is 6.20 Å². The van der Waals surface area contributed by atoms with Crippen LogP contribution in [0.2, 0.25) is 0 Å². The molecule has 0 amide bonds. The predicted molar refractivity (Wildman–Crippen MR) is 85.7 cm³/mol. The first-order valence-corrected chi connectivity index (χ1v) is 7.72. The number of hydrogen-bond donors (Lipinski definition) is 2. The Morgan fingerprint density at radius 1 is 1.19 bits per heavy atom. The van der Waals surface area contributed by atoms with E-state index in [1.165, 1.54) is 0 Å². The number of hydrogen-bond acceptors (Lipinski definition) is 4. The number of unbranched alkanes of at least 4 members (excludes halogenated alkanes) is 3. The van der Waals surface area contributed by atoms with Gasteiger partial charge in [-0.2, -0.15) is 5.10 Å². The van der Waals surface area contributed by atoms with E-state index in [9.17, 15) is 0 Å². The van der Waals surface area contributed by atoms with Gasteiger partial charge in [0.25, 0.3) is 0 Å². The standard InChI is InChI=1S/C16H26N4O/c1-16(2,3)14-12-13-15(18-9-10-20(13)19-14)17-8-6-4-5-7-11-21/h9-10,12,21H,4-8,11H2,1-3H3,(H,17,18). The van der Waals surface area contributed by atoms with Gasteiger partial charge in [-0.15, -0.1) is 0 Å². The summed E-state index contributed by atoms with van der Waals surface area (Å²) in [5, 5.41) is 16.8. The van der Waals surface area contributed by atoms with Gasteiger partial charge in [0.15, 0.2) is 5.82 Å².